The number of hydrogen-bond acceptors (Lipinski definition) is 4. The predicted molar refractivity (Wildman–Crippen MR) is 96.1 cm³/mol. The molecule has 1 N–H and O–H groups in total. The smallest absolute Gasteiger partial charge is 0.151 e. The van der Waals surface area contributed by atoms with Crippen LogP contribution in [0.4, 0.5) is 0 Å². The molecule has 130 valence electrons. The summed E-state index contributed by atoms with van der Waals surface area (Å²) in [6.07, 6.45) is 0.524. The first-order valence-electron chi connectivity index (χ1n) is 8.66. The zero-order valence-corrected chi connectivity index (χ0v) is 15.2. The summed E-state index contributed by atoms with van der Waals surface area (Å²) in [7, 11) is 0. The number of ether oxygens (including phenoxy) is 1. The van der Waals surface area contributed by atoms with Gasteiger partial charge in [0.15, 0.2) is 5.78 Å². The lowest BCUT2D eigenvalue weighted by atomic mass is 9.98. The van der Waals surface area contributed by atoms with E-state index in [2.05, 4.69) is 50.0 Å². The van der Waals surface area contributed by atoms with Gasteiger partial charge in [0.2, 0.25) is 0 Å². The fourth-order valence-corrected chi connectivity index (χ4v) is 2.60. The number of nitrogens with zero attached hydrogens (tertiary/aromatic N) is 1. The summed E-state index contributed by atoms with van der Waals surface area (Å²) in [4.78, 5) is 14.5. The van der Waals surface area contributed by atoms with Gasteiger partial charge in [0.05, 0.1) is 19.8 Å². The van der Waals surface area contributed by atoms with Crippen LogP contribution in [0, 0.1) is 13.8 Å². The molecule has 0 saturated carbocycles. The molecular weight excluding hydrogens is 288 g/mol. The standard InChI is InChI=1S/C19H32N2O2/c1-5-20-10-12-23-13-11-21(6-2)15-18(22)14-19-16(3)8-7-9-17(19)4/h7-9,20H,5-6,10-15H2,1-4H3. The Morgan fingerprint density at radius 2 is 1.87 bits per heavy atom. The van der Waals surface area contributed by atoms with E-state index in [-0.39, 0.29) is 5.78 Å². The van der Waals surface area contributed by atoms with Crippen molar-refractivity contribution >= 4 is 5.78 Å². The molecule has 0 aromatic heterocycles. The highest BCUT2D eigenvalue weighted by Gasteiger charge is 2.12. The monoisotopic (exact) mass is 320 g/mol. The molecule has 0 bridgehead atoms. The van der Waals surface area contributed by atoms with Crippen molar-refractivity contribution in [1.82, 2.24) is 10.2 Å². The quantitative estimate of drug-likeness (QED) is 0.600. The third-order valence-electron chi connectivity index (χ3n) is 4.09. The summed E-state index contributed by atoms with van der Waals surface area (Å²) >= 11 is 0. The maximum Gasteiger partial charge on any atom is 0.151 e. The Balaban J connectivity index is 2.35. The number of carbonyl (C=O) groups is 1. The minimum atomic E-state index is 0.275. The summed E-state index contributed by atoms with van der Waals surface area (Å²) in [5.74, 6) is 0.275. The van der Waals surface area contributed by atoms with Crippen LogP contribution in [0.25, 0.3) is 0 Å². The minimum absolute atomic E-state index is 0.275. The summed E-state index contributed by atoms with van der Waals surface area (Å²) in [5.41, 5.74) is 3.58. The number of aryl methyl sites for hydroxylation is 2. The van der Waals surface area contributed by atoms with E-state index in [1.54, 1.807) is 0 Å². The second-order valence-electron chi connectivity index (χ2n) is 5.92. The number of rotatable bonds is 12. The summed E-state index contributed by atoms with van der Waals surface area (Å²) in [6, 6.07) is 6.19. The molecule has 0 heterocycles. The van der Waals surface area contributed by atoms with Crippen LogP contribution >= 0.6 is 0 Å². The van der Waals surface area contributed by atoms with Crippen LogP contribution in [0.3, 0.4) is 0 Å². The molecule has 23 heavy (non-hydrogen) atoms. The van der Waals surface area contributed by atoms with Gasteiger partial charge in [0.25, 0.3) is 0 Å². The van der Waals surface area contributed by atoms with Crippen LogP contribution < -0.4 is 5.32 Å². The van der Waals surface area contributed by atoms with Crippen LogP contribution in [0.5, 0.6) is 0 Å². The van der Waals surface area contributed by atoms with Gasteiger partial charge in [-0.05, 0) is 43.6 Å². The second kappa shape index (κ2) is 11.3. The van der Waals surface area contributed by atoms with Crippen molar-refractivity contribution in [2.45, 2.75) is 34.1 Å². The van der Waals surface area contributed by atoms with Crippen molar-refractivity contribution in [3.05, 3.63) is 34.9 Å². The van der Waals surface area contributed by atoms with Gasteiger partial charge >= 0.3 is 0 Å². The first-order valence-corrected chi connectivity index (χ1v) is 8.66. The van der Waals surface area contributed by atoms with E-state index in [9.17, 15) is 4.79 Å². The fourth-order valence-electron chi connectivity index (χ4n) is 2.60. The van der Waals surface area contributed by atoms with Crippen molar-refractivity contribution in [3.63, 3.8) is 0 Å². The van der Waals surface area contributed by atoms with Gasteiger partial charge in [-0.2, -0.15) is 0 Å². The Morgan fingerprint density at radius 3 is 2.48 bits per heavy atom. The van der Waals surface area contributed by atoms with Crippen LogP contribution in [-0.4, -0.2) is 56.6 Å². The molecule has 0 unspecified atom stereocenters. The van der Waals surface area contributed by atoms with Crippen molar-refractivity contribution in [1.29, 1.82) is 0 Å². The van der Waals surface area contributed by atoms with Gasteiger partial charge in [-0.3, -0.25) is 9.69 Å². The molecule has 0 aliphatic rings. The van der Waals surface area contributed by atoms with Crippen molar-refractivity contribution in [2.24, 2.45) is 0 Å². The van der Waals surface area contributed by atoms with Gasteiger partial charge in [-0.25, -0.2) is 0 Å². The van der Waals surface area contributed by atoms with Crippen LogP contribution in [0.15, 0.2) is 18.2 Å². The molecule has 0 fully saturated rings. The molecule has 1 aromatic rings. The topological polar surface area (TPSA) is 41.6 Å². The Morgan fingerprint density at radius 1 is 1.17 bits per heavy atom. The molecule has 0 amide bonds. The highest BCUT2D eigenvalue weighted by molar-refractivity contribution is 5.83. The van der Waals surface area contributed by atoms with E-state index < -0.39 is 0 Å². The molecule has 1 aromatic carbocycles. The summed E-state index contributed by atoms with van der Waals surface area (Å²) < 4.78 is 5.59. The van der Waals surface area contributed by atoms with Gasteiger partial charge in [-0.15, -0.1) is 0 Å². The van der Waals surface area contributed by atoms with Crippen LogP contribution in [0.2, 0.25) is 0 Å². The minimum Gasteiger partial charge on any atom is -0.379 e. The molecule has 4 heteroatoms. The number of benzene rings is 1. The number of ketones is 1. The number of hydrogen-bond donors (Lipinski definition) is 1. The lowest BCUT2D eigenvalue weighted by Crippen LogP contribution is -2.34. The molecule has 0 aliphatic heterocycles. The Labute approximate surface area is 141 Å². The summed E-state index contributed by atoms with van der Waals surface area (Å²) in [6.45, 7) is 13.8. The van der Waals surface area contributed by atoms with E-state index >= 15 is 0 Å². The highest BCUT2D eigenvalue weighted by atomic mass is 16.5. The number of Topliss-reactive ketones (excluding diaryl/α,β-unsaturated/α-hetero) is 1. The van der Waals surface area contributed by atoms with Crippen molar-refractivity contribution < 1.29 is 9.53 Å². The van der Waals surface area contributed by atoms with E-state index in [1.807, 2.05) is 6.07 Å². The SMILES string of the molecule is CCNCCOCCN(CC)CC(=O)Cc1c(C)cccc1C. The number of carbonyl (C=O) groups excluding carboxylic acids is 1. The molecule has 1 rings (SSSR count). The Kier molecular flexibility index (Phi) is 9.76. The van der Waals surface area contributed by atoms with E-state index in [0.29, 0.717) is 19.6 Å². The largest absolute Gasteiger partial charge is 0.379 e. The van der Waals surface area contributed by atoms with E-state index in [4.69, 9.17) is 4.74 Å². The van der Waals surface area contributed by atoms with Crippen molar-refractivity contribution in [3.8, 4) is 0 Å². The highest BCUT2D eigenvalue weighted by Crippen LogP contribution is 2.14. The first kappa shape index (κ1) is 19.8. The van der Waals surface area contributed by atoms with Gasteiger partial charge in [-0.1, -0.05) is 32.0 Å². The second-order valence-corrected chi connectivity index (χ2v) is 5.92. The third kappa shape index (κ3) is 7.73. The Bertz CT molecular complexity index is 454. The number of nitrogens with one attached hydrogen (secondary N) is 1. The number of likely N-dealkylation sites (N-methyl/N-ethyl adjacent to an activating group) is 2. The van der Waals surface area contributed by atoms with Gasteiger partial charge in [0.1, 0.15) is 0 Å². The van der Waals surface area contributed by atoms with E-state index in [0.717, 1.165) is 32.8 Å². The fraction of sp³-hybridized carbons (Fsp3) is 0.632. The molecule has 0 atom stereocenters. The molecule has 0 spiro atoms. The van der Waals surface area contributed by atoms with Crippen molar-refractivity contribution in [2.75, 3.05) is 45.9 Å². The Hall–Kier alpha value is -1.23. The zero-order chi connectivity index (χ0) is 17.1. The van der Waals surface area contributed by atoms with Gasteiger partial charge < -0.3 is 10.1 Å². The maximum absolute atomic E-state index is 12.4. The lowest BCUT2D eigenvalue weighted by molar-refractivity contribution is -0.119. The molecular formula is C19H32N2O2. The zero-order valence-electron chi connectivity index (χ0n) is 15.2. The molecule has 0 radical (unpaired) electrons. The molecule has 4 nitrogen and oxygen atoms in total. The normalized spacial score (nSPS) is 11.2. The third-order valence-corrected chi connectivity index (χ3v) is 4.09. The van der Waals surface area contributed by atoms with Crippen LogP contribution in [-0.2, 0) is 16.0 Å². The molecule has 0 saturated heterocycles. The first-order chi connectivity index (χ1) is 11.1. The van der Waals surface area contributed by atoms with E-state index in [1.165, 1.54) is 16.7 Å². The maximum atomic E-state index is 12.4. The van der Waals surface area contributed by atoms with Gasteiger partial charge in [0, 0.05) is 19.5 Å². The lowest BCUT2D eigenvalue weighted by Gasteiger charge is -2.20. The summed E-state index contributed by atoms with van der Waals surface area (Å²) in [5, 5.41) is 3.23. The predicted octanol–water partition coefficient (Wildman–Crippen LogP) is 2.36. The van der Waals surface area contributed by atoms with Crippen LogP contribution in [0.1, 0.15) is 30.5 Å². The molecule has 0 aliphatic carbocycles. The average molecular weight is 320 g/mol. The average Bonchev–Trinajstić information content (AvgIpc) is 2.53.